The van der Waals surface area contributed by atoms with E-state index in [-0.39, 0.29) is 11.5 Å². The molecule has 3 N–H and O–H groups in total. The summed E-state index contributed by atoms with van der Waals surface area (Å²) in [5, 5.41) is 2.54. The van der Waals surface area contributed by atoms with Crippen LogP contribution >= 0.6 is 15.9 Å². The second-order valence-electron chi connectivity index (χ2n) is 3.45. The Labute approximate surface area is 109 Å². The number of nitrogens with two attached hydrogens (primary N) is 1. The van der Waals surface area contributed by atoms with E-state index in [9.17, 15) is 13.2 Å². The van der Waals surface area contributed by atoms with E-state index in [4.69, 9.17) is 5.73 Å². The number of nitrogen functional groups attached to an aromatic ring is 1. The van der Waals surface area contributed by atoms with Gasteiger partial charge in [0, 0.05) is 0 Å². The van der Waals surface area contributed by atoms with E-state index in [2.05, 4.69) is 26.2 Å². The molecule has 0 saturated heterocycles. The molecule has 3 nitrogen and oxygen atoms in total. The zero-order valence-corrected chi connectivity index (χ0v) is 10.4. The standard InChI is InChI=1S/C11H7BrF3N3/c12-6-3-5(16)4-17-11(6)18-8-2-1-7(13)9(14)10(8)15/h1-4H,16H2,(H,17,18). The Hall–Kier alpha value is -1.76. The fourth-order valence-corrected chi connectivity index (χ4v) is 1.76. The van der Waals surface area contributed by atoms with Gasteiger partial charge in [0.25, 0.3) is 0 Å². The lowest BCUT2D eigenvalue weighted by atomic mass is 10.2. The number of benzene rings is 1. The maximum Gasteiger partial charge on any atom is 0.196 e. The molecule has 0 radical (unpaired) electrons. The molecule has 0 amide bonds. The lowest BCUT2D eigenvalue weighted by Gasteiger charge is -2.09. The largest absolute Gasteiger partial charge is 0.397 e. The molecule has 18 heavy (non-hydrogen) atoms. The van der Waals surface area contributed by atoms with Crippen LogP contribution in [0.2, 0.25) is 0 Å². The molecule has 7 heteroatoms. The molecule has 1 heterocycles. The summed E-state index contributed by atoms with van der Waals surface area (Å²) in [5.41, 5.74) is 5.69. The van der Waals surface area contributed by atoms with Crippen LogP contribution in [0.1, 0.15) is 0 Å². The summed E-state index contributed by atoms with van der Waals surface area (Å²) in [5.74, 6) is -3.84. The van der Waals surface area contributed by atoms with Crippen LogP contribution in [0.3, 0.4) is 0 Å². The lowest BCUT2D eigenvalue weighted by molar-refractivity contribution is 0.449. The third-order valence-corrected chi connectivity index (χ3v) is 2.76. The van der Waals surface area contributed by atoms with Crippen LogP contribution in [0.5, 0.6) is 0 Å². The molecule has 0 atom stereocenters. The van der Waals surface area contributed by atoms with Gasteiger partial charge in [-0.15, -0.1) is 0 Å². The maximum atomic E-state index is 13.4. The molecule has 0 bridgehead atoms. The van der Waals surface area contributed by atoms with Crippen LogP contribution in [0.15, 0.2) is 28.9 Å². The Morgan fingerprint density at radius 1 is 1.17 bits per heavy atom. The van der Waals surface area contributed by atoms with E-state index < -0.39 is 17.5 Å². The molecule has 0 saturated carbocycles. The van der Waals surface area contributed by atoms with Gasteiger partial charge in [-0.25, -0.2) is 18.2 Å². The van der Waals surface area contributed by atoms with Crippen molar-refractivity contribution in [3.8, 4) is 0 Å². The van der Waals surface area contributed by atoms with Crippen molar-refractivity contribution in [2.75, 3.05) is 11.1 Å². The summed E-state index contributed by atoms with van der Waals surface area (Å²) in [6, 6.07) is 3.46. The number of anilines is 3. The molecular weight excluding hydrogens is 311 g/mol. The van der Waals surface area contributed by atoms with Crippen LogP contribution in [0.25, 0.3) is 0 Å². The minimum Gasteiger partial charge on any atom is -0.397 e. The molecule has 94 valence electrons. The number of hydrogen-bond acceptors (Lipinski definition) is 3. The van der Waals surface area contributed by atoms with Crippen molar-refractivity contribution in [1.82, 2.24) is 4.98 Å². The van der Waals surface area contributed by atoms with Crippen LogP contribution in [0.4, 0.5) is 30.4 Å². The average Bonchev–Trinajstić information content (AvgIpc) is 2.33. The highest BCUT2D eigenvalue weighted by Gasteiger charge is 2.14. The smallest absolute Gasteiger partial charge is 0.196 e. The van der Waals surface area contributed by atoms with Gasteiger partial charge in [-0.05, 0) is 34.1 Å². The summed E-state index contributed by atoms with van der Waals surface area (Å²) in [4.78, 5) is 3.90. The number of halogens is 4. The molecule has 2 rings (SSSR count). The fraction of sp³-hybridized carbons (Fsp3) is 0. The zero-order chi connectivity index (χ0) is 13.3. The van der Waals surface area contributed by atoms with E-state index in [1.54, 1.807) is 6.07 Å². The number of nitrogens with zero attached hydrogens (tertiary/aromatic N) is 1. The topological polar surface area (TPSA) is 50.9 Å². The van der Waals surface area contributed by atoms with Gasteiger partial charge in [-0.2, -0.15) is 0 Å². The quantitative estimate of drug-likeness (QED) is 0.832. The Morgan fingerprint density at radius 2 is 1.89 bits per heavy atom. The van der Waals surface area contributed by atoms with Crippen LogP contribution in [-0.4, -0.2) is 4.98 Å². The first kappa shape index (κ1) is 12.7. The second kappa shape index (κ2) is 4.85. The molecule has 0 aliphatic rings. The van der Waals surface area contributed by atoms with E-state index >= 15 is 0 Å². The molecule has 0 unspecified atom stereocenters. The van der Waals surface area contributed by atoms with Gasteiger partial charge in [0.1, 0.15) is 5.82 Å². The van der Waals surface area contributed by atoms with Gasteiger partial charge in [0.15, 0.2) is 17.5 Å². The minimum absolute atomic E-state index is 0.216. The number of pyridine rings is 1. The van der Waals surface area contributed by atoms with E-state index in [1.165, 1.54) is 6.20 Å². The first-order chi connectivity index (χ1) is 8.49. The highest BCUT2D eigenvalue weighted by Crippen LogP contribution is 2.27. The highest BCUT2D eigenvalue weighted by atomic mass is 79.9. The van der Waals surface area contributed by atoms with E-state index in [1.807, 2.05) is 0 Å². The van der Waals surface area contributed by atoms with Gasteiger partial charge in [0.2, 0.25) is 0 Å². The second-order valence-corrected chi connectivity index (χ2v) is 4.30. The zero-order valence-electron chi connectivity index (χ0n) is 8.85. The molecule has 1 aromatic heterocycles. The van der Waals surface area contributed by atoms with Crippen LogP contribution in [0, 0.1) is 17.5 Å². The molecule has 1 aromatic carbocycles. The van der Waals surface area contributed by atoms with E-state index in [0.717, 1.165) is 12.1 Å². The summed E-state index contributed by atoms with van der Waals surface area (Å²) in [6.07, 6.45) is 1.35. The summed E-state index contributed by atoms with van der Waals surface area (Å²) in [6.45, 7) is 0. The molecule has 2 aromatic rings. The molecule has 0 spiro atoms. The fourth-order valence-electron chi connectivity index (χ4n) is 1.29. The first-order valence-electron chi connectivity index (χ1n) is 4.80. The van der Waals surface area contributed by atoms with Crippen LogP contribution < -0.4 is 11.1 Å². The van der Waals surface area contributed by atoms with Crippen molar-refractivity contribution < 1.29 is 13.2 Å². The van der Waals surface area contributed by atoms with Gasteiger partial charge in [-0.3, -0.25) is 0 Å². The third-order valence-electron chi connectivity index (χ3n) is 2.15. The van der Waals surface area contributed by atoms with Crippen molar-refractivity contribution in [2.24, 2.45) is 0 Å². The molecule has 0 fully saturated rings. The monoisotopic (exact) mass is 317 g/mol. The SMILES string of the molecule is Nc1cnc(Nc2ccc(F)c(F)c2F)c(Br)c1. The van der Waals surface area contributed by atoms with Gasteiger partial charge in [-0.1, -0.05) is 0 Å². The summed E-state index contributed by atoms with van der Waals surface area (Å²) < 4.78 is 39.7. The lowest BCUT2D eigenvalue weighted by Crippen LogP contribution is -2.01. The van der Waals surface area contributed by atoms with E-state index in [0.29, 0.717) is 10.2 Å². The molecular formula is C11H7BrF3N3. The van der Waals surface area contributed by atoms with Crippen molar-refractivity contribution in [3.63, 3.8) is 0 Å². The van der Waals surface area contributed by atoms with Crippen molar-refractivity contribution in [2.45, 2.75) is 0 Å². The normalized spacial score (nSPS) is 10.4. The Balaban J connectivity index is 2.37. The minimum atomic E-state index is -1.54. The predicted molar refractivity (Wildman–Crippen MR) is 65.9 cm³/mol. The molecule has 0 aliphatic carbocycles. The van der Waals surface area contributed by atoms with Gasteiger partial charge < -0.3 is 11.1 Å². The summed E-state index contributed by atoms with van der Waals surface area (Å²) >= 11 is 3.17. The first-order valence-corrected chi connectivity index (χ1v) is 5.60. The molecule has 0 aliphatic heterocycles. The average molecular weight is 318 g/mol. The maximum absolute atomic E-state index is 13.4. The Morgan fingerprint density at radius 3 is 2.56 bits per heavy atom. The number of nitrogens with one attached hydrogen (secondary N) is 1. The number of hydrogen-bond donors (Lipinski definition) is 2. The van der Waals surface area contributed by atoms with Crippen molar-refractivity contribution in [3.05, 3.63) is 46.3 Å². The Kier molecular flexibility index (Phi) is 3.42. The van der Waals surface area contributed by atoms with Crippen molar-refractivity contribution in [1.29, 1.82) is 0 Å². The van der Waals surface area contributed by atoms with Gasteiger partial charge >= 0.3 is 0 Å². The number of rotatable bonds is 2. The summed E-state index contributed by atoms with van der Waals surface area (Å²) in [7, 11) is 0. The predicted octanol–water partition coefficient (Wildman–Crippen LogP) is 3.59. The Bertz CT molecular complexity index is 604. The van der Waals surface area contributed by atoms with Crippen molar-refractivity contribution >= 4 is 33.1 Å². The highest BCUT2D eigenvalue weighted by molar-refractivity contribution is 9.10. The third kappa shape index (κ3) is 2.40. The van der Waals surface area contributed by atoms with Gasteiger partial charge in [0.05, 0.1) is 22.0 Å². The number of aromatic nitrogens is 1. The van der Waals surface area contributed by atoms with Crippen LogP contribution in [-0.2, 0) is 0 Å².